The van der Waals surface area contributed by atoms with Crippen LogP contribution in [0.2, 0.25) is 0 Å². The minimum Gasteiger partial charge on any atom is -0.291 e. The van der Waals surface area contributed by atoms with Crippen molar-refractivity contribution in [1.29, 1.82) is 0 Å². The third-order valence-electron chi connectivity index (χ3n) is 4.22. The Morgan fingerprint density at radius 1 is 0.710 bits per heavy atom. The van der Waals surface area contributed by atoms with Gasteiger partial charge in [0.05, 0.1) is 11.4 Å². The molecule has 2 heterocycles. The van der Waals surface area contributed by atoms with Crippen molar-refractivity contribution in [3.05, 3.63) is 95.1 Å². The largest absolute Gasteiger partial charge is 2.00 e. The van der Waals surface area contributed by atoms with E-state index in [9.17, 15) is 0 Å². The van der Waals surface area contributed by atoms with Gasteiger partial charge in [0.1, 0.15) is 0 Å². The molecule has 1 aromatic carbocycles. The van der Waals surface area contributed by atoms with Crippen molar-refractivity contribution >= 4 is 0 Å². The number of hydrogen-bond donors (Lipinski definition) is 0. The van der Waals surface area contributed by atoms with Gasteiger partial charge in [-0.15, -0.1) is 10.2 Å². The van der Waals surface area contributed by atoms with Crippen LogP contribution >= 0.6 is 0 Å². The van der Waals surface area contributed by atoms with E-state index >= 15 is 0 Å². The fourth-order valence-corrected chi connectivity index (χ4v) is 2.98. The molecule has 0 unspecified atom stereocenters. The van der Waals surface area contributed by atoms with Crippen molar-refractivity contribution in [3.8, 4) is 0 Å². The molecule has 0 N–H and O–H groups in total. The number of benzene rings is 1. The molecule has 0 spiro atoms. The Kier molecular flexibility index (Phi) is 11.8. The van der Waals surface area contributed by atoms with Gasteiger partial charge in [0, 0.05) is 31.0 Å². The maximum absolute atomic E-state index is 8.49. The summed E-state index contributed by atoms with van der Waals surface area (Å²) < 4.78 is 34.0. The Bertz CT molecular complexity index is 857. The molecule has 0 bridgehead atoms. The third-order valence-corrected chi connectivity index (χ3v) is 4.22. The summed E-state index contributed by atoms with van der Waals surface area (Å²) in [6.07, 6.45) is 1.03. The van der Waals surface area contributed by atoms with E-state index in [0.717, 1.165) is 48.8 Å². The van der Waals surface area contributed by atoms with Gasteiger partial charge in [0.25, 0.3) is 0 Å². The van der Waals surface area contributed by atoms with E-state index < -0.39 is 10.2 Å². The quantitative estimate of drug-likeness (QED) is 0.409. The number of pyridine rings is 2. The van der Waals surface area contributed by atoms with Crippen LogP contribution in [0.4, 0.5) is 0 Å². The summed E-state index contributed by atoms with van der Waals surface area (Å²) in [5.41, 5.74) is 5.71. The zero-order valence-electron chi connectivity index (χ0n) is 17.3. The van der Waals surface area contributed by atoms with Crippen molar-refractivity contribution < 1.29 is 45.9 Å². The molecule has 1 radical (unpaired) electrons. The predicted octanol–water partition coefficient (Wildman–Crippen LogP) is -0.420. The first-order valence-corrected chi connectivity index (χ1v) is 10.7. The van der Waals surface area contributed by atoms with Crippen LogP contribution < -0.4 is 18.6 Å². The first kappa shape index (κ1) is 27.2. The Morgan fingerprint density at radius 3 is 1.58 bits per heavy atom. The molecule has 2 aromatic heterocycles. The molecule has 0 aliphatic heterocycles. The van der Waals surface area contributed by atoms with Crippen LogP contribution in [0.25, 0.3) is 0 Å². The fraction of sp³-hybridized carbons (Fsp3) is 0.273. The molecule has 0 saturated carbocycles. The van der Waals surface area contributed by atoms with E-state index in [-0.39, 0.29) is 17.1 Å². The van der Waals surface area contributed by atoms with Gasteiger partial charge >= 0.3 is 17.1 Å². The van der Waals surface area contributed by atoms with E-state index in [1.807, 2.05) is 26.0 Å². The summed E-state index contributed by atoms with van der Waals surface area (Å²) in [5.74, 6) is 0. The van der Waals surface area contributed by atoms with Crippen LogP contribution in [-0.2, 0) is 36.6 Å². The molecule has 9 heteroatoms. The van der Waals surface area contributed by atoms with Crippen LogP contribution in [0.1, 0.15) is 28.3 Å². The van der Waals surface area contributed by atoms with Gasteiger partial charge < -0.3 is 0 Å². The van der Waals surface area contributed by atoms with E-state index in [1.54, 1.807) is 0 Å². The number of aromatic nitrogens is 2. The van der Waals surface area contributed by atoms with Gasteiger partial charge in [0.15, 0.2) is 0 Å². The summed E-state index contributed by atoms with van der Waals surface area (Å²) in [7, 11) is -4.94. The van der Waals surface area contributed by atoms with Crippen LogP contribution in [-0.4, -0.2) is 21.4 Å². The van der Waals surface area contributed by atoms with Gasteiger partial charge in [-0.25, -0.2) is 18.6 Å². The number of rotatable bonds is 7. The van der Waals surface area contributed by atoms with E-state index in [2.05, 4.69) is 69.5 Å². The maximum atomic E-state index is 8.49. The zero-order chi connectivity index (χ0) is 22.0. The SMILES string of the molecule is Cc1cccc(CN(CCc2ccccc2)Cc2cccc(C)n2)n1.[Cu+2].[O-][Cl+3]([O-])([O-])[O-]. The van der Waals surface area contributed by atoms with Crippen molar-refractivity contribution in [2.45, 2.75) is 33.4 Å². The second-order valence-electron chi connectivity index (χ2n) is 6.86. The zero-order valence-corrected chi connectivity index (χ0v) is 19.0. The molecule has 3 aromatic rings. The van der Waals surface area contributed by atoms with Crippen LogP contribution in [0.5, 0.6) is 0 Å². The van der Waals surface area contributed by atoms with Crippen molar-refractivity contribution in [1.82, 2.24) is 14.9 Å². The van der Waals surface area contributed by atoms with Crippen LogP contribution in [0, 0.1) is 24.1 Å². The molecule has 0 fully saturated rings. The van der Waals surface area contributed by atoms with Crippen molar-refractivity contribution in [3.63, 3.8) is 0 Å². The number of aryl methyl sites for hydroxylation is 2. The van der Waals surface area contributed by atoms with Crippen LogP contribution in [0.3, 0.4) is 0 Å². The van der Waals surface area contributed by atoms with E-state index in [1.165, 1.54) is 5.56 Å². The fourth-order valence-electron chi connectivity index (χ4n) is 2.98. The monoisotopic (exact) mass is 493 g/mol. The molecule has 0 aliphatic carbocycles. The summed E-state index contributed by atoms with van der Waals surface area (Å²) in [6, 6.07) is 23.1. The Balaban J connectivity index is 0.000000721. The topological polar surface area (TPSA) is 121 Å². The molecular formula is C22H25ClCuN3O4+. The standard InChI is InChI=1S/C22H25N3.ClHO4.Cu/c1-18-8-6-12-21(23-18)16-25(15-14-20-10-4-3-5-11-20)17-22-13-7-9-19(2)24-22;2-1(3,4)5;/h3-13H,14-17H2,1-2H3;(H,2,3,4,5);/q;;+2/p-1. The number of hydrogen-bond acceptors (Lipinski definition) is 7. The Morgan fingerprint density at radius 2 is 1.16 bits per heavy atom. The second kappa shape index (κ2) is 13.5. The molecule has 0 atom stereocenters. The first-order valence-electron chi connectivity index (χ1n) is 9.42. The third kappa shape index (κ3) is 12.5. The van der Waals surface area contributed by atoms with Crippen molar-refractivity contribution in [2.24, 2.45) is 0 Å². The molecule has 0 amide bonds. The minimum absolute atomic E-state index is 0. The van der Waals surface area contributed by atoms with Gasteiger partial charge in [-0.2, -0.15) is 0 Å². The van der Waals surface area contributed by atoms with Gasteiger partial charge in [-0.3, -0.25) is 14.9 Å². The second-order valence-corrected chi connectivity index (χ2v) is 7.62. The molecule has 31 heavy (non-hydrogen) atoms. The smallest absolute Gasteiger partial charge is 0.291 e. The number of nitrogens with zero attached hydrogens (tertiary/aromatic N) is 3. The molecule has 0 saturated heterocycles. The average molecular weight is 494 g/mol. The molecule has 0 aliphatic rings. The summed E-state index contributed by atoms with van der Waals surface area (Å²) >= 11 is 0. The normalized spacial score (nSPS) is 10.8. The summed E-state index contributed by atoms with van der Waals surface area (Å²) in [4.78, 5) is 11.8. The van der Waals surface area contributed by atoms with Crippen LogP contribution in [0.15, 0.2) is 66.7 Å². The predicted molar refractivity (Wildman–Crippen MR) is 102 cm³/mol. The summed E-state index contributed by atoms with van der Waals surface area (Å²) in [5, 5.41) is 0. The maximum Gasteiger partial charge on any atom is 2.00 e. The molecule has 7 nitrogen and oxygen atoms in total. The molecule has 3 rings (SSSR count). The number of halogens is 1. The minimum atomic E-state index is -4.94. The van der Waals surface area contributed by atoms with E-state index in [0.29, 0.717) is 0 Å². The van der Waals surface area contributed by atoms with Gasteiger partial charge in [-0.1, -0.05) is 42.5 Å². The molecule has 169 valence electrons. The van der Waals surface area contributed by atoms with Crippen molar-refractivity contribution in [2.75, 3.05) is 6.54 Å². The Labute approximate surface area is 195 Å². The average Bonchev–Trinajstić information content (AvgIpc) is 2.66. The van der Waals surface area contributed by atoms with E-state index in [4.69, 9.17) is 18.6 Å². The van der Waals surface area contributed by atoms with Gasteiger partial charge in [-0.05, 0) is 50.1 Å². The first-order chi connectivity index (χ1) is 14.2. The molecular weight excluding hydrogens is 469 g/mol. The summed E-state index contributed by atoms with van der Waals surface area (Å²) in [6.45, 7) is 6.74. The van der Waals surface area contributed by atoms with Gasteiger partial charge in [0.2, 0.25) is 0 Å². The Hall–Kier alpha value is -1.87.